The maximum Gasteiger partial charge on any atom is 0.192 e. The molecule has 120 valence electrons. The van der Waals surface area contributed by atoms with Gasteiger partial charge in [0, 0.05) is 24.4 Å². The molecule has 4 heteroatoms. The molecule has 0 aliphatic heterocycles. The van der Waals surface area contributed by atoms with Crippen molar-refractivity contribution in [1.82, 2.24) is 4.98 Å². The van der Waals surface area contributed by atoms with Crippen molar-refractivity contribution in [3.8, 4) is 0 Å². The number of rotatable bonds is 3. The van der Waals surface area contributed by atoms with Gasteiger partial charge in [-0.15, -0.1) is 0 Å². The zero-order valence-corrected chi connectivity index (χ0v) is 15.5. The number of carbonyl (C=O) groups is 1. The second-order valence-electron chi connectivity index (χ2n) is 7.79. The van der Waals surface area contributed by atoms with E-state index in [0.29, 0.717) is 6.42 Å². The number of Topliss-reactive ketones (excluding diaryl/α,β-unsaturated/α-hetero) is 1. The summed E-state index contributed by atoms with van der Waals surface area (Å²) in [4.78, 5) is 16.5. The lowest BCUT2D eigenvalue weighted by Crippen LogP contribution is -2.45. The maximum atomic E-state index is 12.4. The van der Waals surface area contributed by atoms with E-state index in [2.05, 4.69) is 45.8 Å². The third-order valence-corrected chi connectivity index (χ3v) is 9.34. The van der Waals surface area contributed by atoms with Gasteiger partial charge in [-0.05, 0) is 41.8 Å². The highest BCUT2D eigenvalue weighted by molar-refractivity contribution is 6.74. The molecule has 1 aromatic rings. The molecule has 2 unspecified atom stereocenters. The Balaban J connectivity index is 2.32. The van der Waals surface area contributed by atoms with Crippen LogP contribution in [0, 0.1) is 5.92 Å². The summed E-state index contributed by atoms with van der Waals surface area (Å²) in [6.45, 7) is 13.3. The van der Waals surface area contributed by atoms with E-state index in [1.807, 2.05) is 18.2 Å². The van der Waals surface area contributed by atoms with Crippen LogP contribution in [0.1, 0.15) is 39.7 Å². The number of hydrogen-bond acceptors (Lipinski definition) is 3. The first kappa shape index (κ1) is 17.1. The molecule has 0 saturated heterocycles. The van der Waals surface area contributed by atoms with Crippen LogP contribution in [0.3, 0.4) is 0 Å². The van der Waals surface area contributed by atoms with Crippen molar-refractivity contribution in [2.75, 3.05) is 0 Å². The highest BCUT2D eigenvalue weighted by atomic mass is 28.4. The van der Waals surface area contributed by atoms with Crippen LogP contribution in [-0.4, -0.2) is 25.2 Å². The number of hydrogen-bond donors (Lipinski definition) is 0. The predicted molar refractivity (Wildman–Crippen MR) is 93.1 cm³/mol. The minimum atomic E-state index is -1.91. The zero-order valence-electron chi connectivity index (χ0n) is 14.5. The van der Waals surface area contributed by atoms with Crippen LogP contribution >= 0.6 is 0 Å². The number of carbonyl (C=O) groups excluding carboxylic acids is 1. The van der Waals surface area contributed by atoms with Crippen molar-refractivity contribution < 1.29 is 9.22 Å². The van der Waals surface area contributed by atoms with E-state index in [0.717, 1.165) is 11.1 Å². The molecule has 2 atom stereocenters. The first-order valence-corrected chi connectivity index (χ1v) is 10.9. The van der Waals surface area contributed by atoms with Crippen LogP contribution in [0.15, 0.2) is 30.1 Å². The second-order valence-corrected chi connectivity index (χ2v) is 12.5. The monoisotopic (exact) mass is 317 g/mol. The molecule has 1 aliphatic rings. The van der Waals surface area contributed by atoms with E-state index in [9.17, 15) is 4.79 Å². The standard InChI is InChI=1S/C18H27NO2Si/c1-13-10-16(20)15(11-14-8-7-9-19-12-14)17(13)21-22(5,6)18(2,3)4/h7-9,11-13,17H,10H2,1-6H3. The average Bonchev–Trinajstić information content (AvgIpc) is 2.65. The average molecular weight is 318 g/mol. The number of pyridine rings is 1. The Kier molecular flexibility index (Phi) is 4.73. The maximum absolute atomic E-state index is 12.4. The lowest BCUT2D eigenvalue weighted by Gasteiger charge is -2.39. The molecule has 0 amide bonds. The van der Waals surface area contributed by atoms with Gasteiger partial charge >= 0.3 is 0 Å². The summed E-state index contributed by atoms with van der Waals surface area (Å²) in [7, 11) is -1.91. The molecule has 1 aliphatic carbocycles. The van der Waals surface area contributed by atoms with Crippen molar-refractivity contribution in [1.29, 1.82) is 0 Å². The van der Waals surface area contributed by atoms with E-state index in [1.54, 1.807) is 12.4 Å². The fourth-order valence-electron chi connectivity index (χ4n) is 2.46. The first-order valence-electron chi connectivity index (χ1n) is 7.94. The molecule has 0 aromatic carbocycles. The summed E-state index contributed by atoms with van der Waals surface area (Å²) in [5.74, 6) is 0.449. The van der Waals surface area contributed by atoms with Crippen molar-refractivity contribution in [2.45, 2.75) is 58.4 Å². The topological polar surface area (TPSA) is 39.2 Å². The van der Waals surface area contributed by atoms with Gasteiger partial charge in [0.1, 0.15) is 0 Å². The molecule has 2 rings (SSSR count). The van der Waals surface area contributed by atoms with Crippen LogP contribution in [-0.2, 0) is 9.22 Å². The lowest BCUT2D eigenvalue weighted by molar-refractivity contribution is -0.114. The van der Waals surface area contributed by atoms with Gasteiger partial charge in [-0.2, -0.15) is 0 Å². The smallest absolute Gasteiger partial charge is 0.192 e. The van der Waals surface area contributed by atoms with Crippen molar-refractivity contribution in [3.05, 3.63) is 35.7 Å². The highest BCUT2D eigenvalue weighted by Crippen LogP contribution is 2.41. The normalized spacial score (nSPS) is 25.0. The molecule has 22 heavy (non-hydrogen) atoms. The van der Waals surface area contributed by atoms with Crippen LogP contribution in [0.4, 0.5) is 0 Å². The molecule has 0 radical (unpaired) electrons. The van der Waals surface area contributed by atoms with Crippen LogP contribution in [0.5, 0.6) is 0 Å². The third-order valence-electron chi connectivity index (χ3n) is 4.89. The van der Waals surface area contributed by atoms with Gasteiger partial charge in [0.15, 0.2) is 14.1 Å². The lowest BCUT2D eigenvalue weighted by atomic mass is 10.1. The van der Waals surface area contributed by atoms with E-state index < -0.39 is 8.32 Å². The Labute approximate surface area is 134 Å². The minimum Gasteiger partial charge on any atom is -0.410 e. The van der Waals surface area contributed by atoms with Crippen molar-refractivity contribution >= 4 is 20.2 Å². The number of aromatic nitrogens is 1. The summed E-state index contributed by atoms with van der Waals surface area (Å²) in [5.41, 5.74) is 1.77. The molecule has 1 heterocycles. The summed E-state index contributed by atoms with van der Waals surface area (Å²) in [5, 5.41) is 0.137. The SMILES string of the molecule is CC1CC(=O)C(=Cc2cccnc2)C1O[Si](C)(C)C(C)(C)C. The van der Waals surface area contributed by atoms with E-state index >= 15 is 0 Å². The van der Waals surface area contributed by atoms with Crippen LogP contribution in [0.25, 0.3) is 6.08 Å². The van der Waals surface area contributed by atoms with Crippen molar-refractivity contribution in [2.24, 2.45) is 5.92 Å². The Morgan fingerprint density at radius 2 is 2.05 bits per heavy atom. The number of nitrogens with zero attached hydrogens (tertiary/aromatic N) is 1. The summed E-state index contributed by atoms with van der Waals surface area (Å²) in [6.07, 6.45) is 5.97. The second kappa shape index (κ2) is 6.09. The summed E-state index contributed by atoms with van der Waals surface area (Å²) in [6, 6.07) is 3.86. The van der Waals surface area contributed by atoms with E-state index in [1.165, 1.54) is 0 Å². The van der Waals surface area contributed by atoms with Gasteiger partial charge in [0.2, 0.25) is 0 Å². The summed E-state index contributed by atoms with van der Waals surface area (Å²) >= 11 is 0. The largest absolute Gasteiger partial charge is 0.410 e. The number of ketones is 1. The van der Waals surface area contributed by atoms with Crippen LogP contribution < -0.4 is 0 Å². The molecule has 0 bridgehead atoms. The van der Waals surface area contributed by atoms with Gasteiger partial charge in [-0.3, -0.25) is 9.78 Å². The molecular weight excluding hydrogens is 290 g/mol. The Bertz CT molecular complexity index is 572. The fraction of sp³-hybridized carbons (Fsp3) is 0.556. The highest BCUT2D eigenvalue weighted by Gasteiger charge is 2.44. The minimum absolute atomic E-state index is 0.0893. The fourth-order valence-corrected chi connectivity index (χ4v) is 3.81. The predicted octanol–water partition coefficient (Wildman–Crippen LogP) is 4.46. The van der Waals surface area contributed by atoms with Gasteiger partial charge in [-0.1, -0.05) is 33.8 Å². The molecule has 1 aromatic heterocycles. The first-order chi connectivity index (χ1) is 10.1. The van der Waals surface area contributed by atoms with Gasteiger partial charge in [0.25, 0.3) is 0 Å². The quantitative estimate of drug-likeness (QED) is 0.610. The molecule has 1 saturated carbocycles. The molecule has 3 nitrogen and oxygen atoms in total. The van der Waals surface area contributed by atoms with Crippen molar-refractivity contribution in [3.63, 3.8) is 0 Å². The molecule has 0 N–H and O–H groups in total. The molecule has 0 spiro atoms. The van der Waals surface area contributed by atoms with Gasteiger partial charge < -0.3 is 4.43 Å². The Morgan fingerprint density at radius 1 is 1.36 bits per heavy atom. The third kappa shape index (κ3) is 3.55. The summed E-state index contributed by atoms with van der Waals surface area (Å²) < 4.78 is 6.56. The Hall–Kier alpha value is -1.26. The van der Waals surface area contributed by atoms with E-state index in [4.69, 9.17) is 4.43 Å². The Morgan fingerprint density at radius 3 is 2.59 bits per heavy atom. The van der Waals surface area contributed by atoms with Crippen LogP contribution in [0.2, 0.25) is 18.1 Å². The van der Waals surface area contributed by atoms with Gasteiger partial charge in [-0.25, -0.2) is 0 Å². The zero-order chi connectivity index (χ0) is 16.5. The molecule has 1 fully saturated rings. The molecular formula is C18H27NO2Si. The van der Waals surface area contributed by atoms with Gasteiger partial charge in [0.05, 0.1) is 6.10 Å². The van der Waals surface area contributed by atoms with E-state index in [-0.39, 0.29) is 22.8 Å².